The molecule has 0 aromatic carbocycles. The summed E-state index contributed by atoms with van der Waals surface area (Å²) in [5.74, 6) is -0.888. The normalized spacial score (nSPS) is 39.9. The molecule has 2 saturated heterocycles. The van der Waals surface area contributed by atoms with Crippen LogP contribution in [0.5, 0.6) is 0 Å². The van der Waals surface area contributed by atoms with Crippen molar-refractivity contribution in [1.82, 2.24) is 0 Å². The van der Waals surface area contributed by atoms with E-state index < -0.39 is 23.1 Å². The van der Waals surface area contributed by atoms with Crippen molar-refractivity contribution < 1.29 is 28.2 Å². The minimum absolute atomic E-state index is 0.0755. The molecule has 6 nitrogen and oxygen atoms in total. The molecular formula is C21H22O6. The van der Waals surface area contributed by atoms with Crippen molar-refractivity contribution in [2.75, 3.05) is 7.11 Å². The van der Waals surface area contributed by atoms with Gasteiger partial charge in [0.1, 0.15) is 5.41 Å². The number of hydrogen-bond acceptors (Lipinski definition) is 6. The Morgan fingerprint density at radius 2 is 2.26 bits per heavy atom. The van der Waals surface area contributed by atoms with E-state index in [1.807, 2.05) is 12.1 Å². The fourth-order valence-corrected chi connectivity index (χ4v) is 5.90. The van der Waals surface area contributed by atoms with Crippen molar-refractivity contribution in [3.63, 3.8) is 0 Å². The lowest BCUT2D eigenvalue weighted by molar-refractivity contribution is -0.241. The van der Waals surface area contributed by atoms with E-state index in [4.69, 9.17) is 18.6 Å². The zero-order valence-corrected chi connectivity index (χ0v) is 15.2. The van der Waals surface area contributed by atoms with Crippen molar-refractivity contribution in [3.05, 3.63) is 48.0 Å². The summed E-state index contributed by atoms with van der Waals surface area (Å²) in [6.07, 6.45) is 7.63. The molecule has 6 heteroatoms. The second-order valence-electron chi connectivity index (χ2n) is 7.98. The minimum atomic E-state index is -0.961. The van der Waals surface area contributed by atoms with Crippen LogP contribution in [-0.4, -0.2) is 25.3 Å². The Labute approximate surface area is 157 Å². The molecule has 1 aromatic rings. The van der Waals surface area contributed by atoms with E-state index >= 15 is 0 Å². The molecule has 3 fully saturated rings. The lowest BCUT2D eigenvalue weighted by atomic mass is 9.46. The Morgan fingerprint density at radius 1 is 1.41 bits per heavy atom. The number of allylic oxidation sites excluding steroid dienone is 1. The second-order valence-corrected chi connectivity index (χ2v) is 7.98. The summed E-state index contributed by atoms with van der Waals surface area (Å²) in [4.78, 5) is 25.8. The van der Waals surface area contributed by atoms with Crippen LogP contribution in [-0.2, 0) is 23.8 Å². The summed E-state index contributed by atoms with van der Waals surface area (Å²) in [5, 5.41) is 0. The van der Waals surface area contributed by atoms with Crippen molar-refractivity contribution >= 4 is 11.9 Å². The average Bonchev–Trinajstić information content (AvgIpc) is 3.33. The highest BCUT2D eigenvalue weighted by molar-refractivity contribution is 5.99. The van der Waals surface area contributed by atoms with Crippen LogP contribution >= 0.6 is 0 Å². The topological polar surface area (TPSA) is 75.0 Å². The van der Waals surface area contributed by atoms with Gasteiger partial charge in [-0.3, -0.25) is 4.79 Å². The first kappa shape index (κ1) is 16.8. The van der Waals surface area contributed by atoms with Crippen LogP contribution < -0.4 is 0 Å². The molecule has 27 heavy (non-hydrogen) atoms. The van der Waals surface area contributed by atoms with Gasteiger partial charge < -0.3 is 18.6 Å². The van der Waals surface area contributed by atoms with Crippen molar-refractivity contribution in [2.24, 2.45) is 16.7 Å². The van der Waals surface area contributed by atoms with Gasteiger partial charge in [-0.25, -0.2) is 4.79 Å². The molecule has 2 aliphatic heterocycles. The first-order chi connectivity index (χ1) is 13.0. The molecular weight excluding hydrogens is 348 g/mol. The molecule has 1 saturated carbocycles. The zero-order chi connectivity index (χ0) is 18.8. The Hall–Kier alpha value is -2.34. The Bertz CT molecular complexity index is 852. The summed E-state index contributed by atoms with van der Waals surface area (Å²) in [6, 6.07) is 1.87. The third kappa shape index (κ3) is 1.94. The lowest BCUT2D eigenvalue weighted by Gasteiger charge is -2.59. The third-order valence-corrected chi connectivity index (χ3v) is 7.11. The molecule has 3 heterocycles. The third-order valence-electron chi connectivity index (χ3n) is 7.11. The summed E-state index contributed by atoms with van der Waals surface area (Å²) in [7, 11) is 1.35. The van der Waals surface area contributed by atoms with Gasteiger partial charge in [0.05, 0.1) is 36.7 Å². The second kappa shape index (κ2) is 5.58. The Kier molecular flexibility index (Phi) is 3.47. The smallest absolute Gasteiger partial charge is 0.334 e. The zero-order valence-electron chi connectivity index (χ0n) is 15.2. The maximum Gasteiger partial charge on any atom is 0.334 e. The van der Waals surface area contributed by atoms with Gasteiger partial charge in [-0.15, -0.1) is 0 Å². The Morgan fingerprint density at radius 3 is 3.00 bits per heavy atom. The fourth-order valence-electron chi connectivity index (χ4n) is 5.90. The fraction of sp³-hybridized carbons (Fsp3) is 0.524. The van der Waals surface area contributed by atoms with Crippen LogP contribution in [0.25, 0.3) is 0 Å². The largest absolute Gasteiger partial charge is 0.472 e. The van der Waals surface area contributed by atoms with Gasteiger partial charge in [0.15, 0.2) is 0 Å². The predicted molar refractivity (Wildman–Crippen MR) is 93.1 cm³/mol. The van der Waals surface area contributed by atoms with Gasteiger partial charge in [0.2, 0.25) is 6.29 Å². The minimum Gasteiger partial charge on any atom is -0.472 e. The van der Waals surface area contributed by atoms with Gasteiger partial charge in [0.25, 0.3) is 0 Å². The van der Waals surface area contributed by atoms with Crippen LogP contribution in [0.1, 0.15) is 43.8 Å². The highest BCUT2D eigenvalue weighted by Crippen LogP contribution is 2.70. The first-order valence-electron chi connectivity index (χ1n) is 9.40. The number of methoxy groups -OCH3 is 1. The summed E-state index contributed by atoms with van der Waals surface area (Å²) >= 11 is 0. The van der Waals surface area contributed by atoms with Gasteiger partial charge in [0, 0.05) is 5.56 Å². The van der Waals surface area contributed by atoms with Crippen molar-refractivity contribution in [3.8, 4) is 0 Å². The molecule has 142 valence electrons. The monoisotopic (exact) mass is 370 g/mol. The molecule has 5 atom stereocenters. The quantitative estimate of drug-likeness (QED) is 0.586. The van der Waals surface area contributed by atoms with E-state index in [1.165, 1.54) is 7.11 Å². The molecule has 4 aliphatic rings. The van der Waals surface area contributed by atoms with Gasteiger partial charge in [-0.05, 0) is 44.1 Å². The average molecular weight is 370 g/mol. The van der Waals surface area contributed by atoms with Crippen LogP contribution in [0.2, 0.25) is 0 Å². The molecule has 0 N–H and O–H groups in total. The molecule has 1 aromatic heterocycles. The number of ether oxygens (including phenoxy) is 3. The lowest BCUT2D eigenvalue weighted by Crippen LogP contribution is -2.63. The molecule has 0 amide bonds. The van der Waals surface area contributed by atoms with Crippen LogP contribution in [0.3, 0.4) is 0 Å². The maximum atomic E-state index is 13.2. The van der Waals surface area contributed by atoms with Crippen LogP contribution in [0.4, 0.5) is 0 Å². The number of carbonyl (C=O) groups excluding carboxylic acids is 2. The summed E-state index contributed by atoms with van der Waals surface area (Å²) in [5.41, 5.74) is 0.985. The van der Waals surface area contributed by atoms with Crippen LogP contribution in [0, 0.1) is 16.7 Å². The standard InChI is InChI=1S/C21H22O6/c1-12-6-8-20-14(17(22)24-2)4-3-5-16(20)21(12)10-15(13-7-9-25-11-13)26-19(21)27-18(20)23/h4,7,9,11,15-16,19H,1,3,5-6,8,10H2,2H3/t15-,16-,19?,20+,21+/m0/s1. The number of esters is 2. The van der Waals surface area contributed by atoms with Gasteiger partial charge >= 0.3 is 11.9 Å². The molecule has 5 rings (SSSR count). The first-order valence-corrected chi connectivity index (χ1v) is 9.40. The molecule has 1 unspecified atom stereocenters. The highest BCUT2D eigenvalue weighted by Gasteiger charge is 2.72. The number of carbonyl (C=O) groups is 2. The SMILES string of the molecule is C=C1CC[C@]23C(=O)OC4O[C@H](c5ccoc5)C[C@]14[C@H]2CCC=C3C(=O)OC. The highest BCUT2D eigenvalue weighted by atomic mass is 16.7. The number of rotatable bonds is 2. The molecule has 1 spiro atoms. The van der Waals surface area contributed by atoms with Crippen LogP contribution in [0.15, 0.2) is 46.8 Å². The van der Waals surface area contributed by atoms with Crippen molar-refractivity contribution in [2.45, 2.75) is 44.5 Å². The summed E-state index contributed by atoms with van der Waals surface area (Å²) in [6.45, 7) is 4.36. The van der Waals surface area contributed by atoms with E-state index in [0.29, 0.717) is 24.8 Å². The van der Waals surface area contributed by atoms with Gasteiger partial charge in [-0.2, -0.15) is 0 Å². The Balaban J connectivity index is 1.64. The van der Waals surface area contributed by atoms with E-state index in [0.717, 1.165) is 24.0 Å². The summed E-state index contributed by atoms with van der Waals surface area (Å²) < 4.78 is 22.3. The number of furan rings is 1. The van der Waals surface area contributed by atoms with E-state index in [-0.39, 0.29) is 18.0 Å². The predicted octanol–water partition coefficient (Wildman–Crippen LogP) is 3.46. The van der Waals surface area contributed by atoms with Crippen molar-refractivity contribution in [1.29, 1.82) is 0 Å². The van der Waals surface area contributed by atoms with E-state index in [1.54, 1.807) is 12.5 Å². The number of hydrogen-bond donors (Lipinski definition) is 0. The van der Waals surface area contributed by atoms with E-state index in [2.05, 4.69) is 6.58 Å². The molecule has 2 bridgehead atoms. The van der Waals surface area contributed by atoms with Gasteiger partial charge in [-0.1, -0.05) is 18.2 Å². The maximum absolute atomic E-state index is 13.2. The van der Waals surface area contributed by atoms with E-state index in [9.17, 15) is 9.59 Å². The molecule has 2 aliphatic carbocycles. The molecule has 0 radical (unpaired) electrons.